The highest BCUT2D eigenvalue weighted by Crippen LogP contribution is 2.35. The van der Waals surface area contributed by atoms with Crippen LogP contribution in [-0.2, 0) is 0 Å². The molecule has 0 spiro atoms. The lowest BCUT2D eigenvalue weighted by molar-refractivity contribution is 0.275. The first-order chi connectivity index (χ1) is 7.58. The summed E-state index contributed by atoms with van der Waals surface area (Å²) in [6, 6.07) is 1.95. The van der Waals surface area contributed by atoms with Crippen LogP contribution in [0.1, 0.15) is 37.3 Å². The van der Waals surface area contributed by atoms with E-state index in [-0.39, 0.29) is 10.0 Å². The van der Waals surface area contributed by atoms with Gasteiger partial charge in [0.05, 0.1) is 4.47 Å². The van der Waals surface area contributed by atoms with Gasteiger partial charge in [-0.15, -0.1) is 0 Å². The van der Waals surface area contributed by atoms with Crippen LogP contribution in [0.4, 0.5) is 8.78 Å². The maximum Gasteiger partial charge on any atom is 0.137 e. The van der Waals surface area contributed by atoms with E-state index in [4.69, 9.17) is 5.73 Å². The van der Waals surface area contributed by atoms with Gasteiger partial charge < -0.3 is 5.73 Å². The molecule has 2 rings (SSSR count). The molecule has 2 N–H and O–H groups in total. The van der Waals surface area contributed by atoms with Gasteiger partial charge in [-0.3, -0.25) is 0 Å². The Morgan fingerprint density at radius 1 is 1.31 bits per heavy atom. The van der Waals surface area contributed by atoms with Gasteiger partial charge in [-0.25, -0.2) is 8.78 Å². The van der Waals surface area contributed by atoms with Crippen LogP contribution in [-0.4, -0.2) is 0 Å². The topological polar surface area (TPSA) is 26.0 Å². The van der Waals surface area contributed by atoms with Gasteiger partial charge in [-0.05, 0) is 40.4 Å². The highest BCUT2D eigenvalue weighted by molar-refractivity contribution is 9.10. The number of hydrogen-bond acceptors (Lipinski definition) is 1. The van der Waals surface area contributed by atoms with Crippen LogP contribution < -0.4 is 5.73 Å². The average molecular weight is 290 g/mol. The van der Waals surface area contributed by atoms with Crippen LogP contribution in [0.25, 0.3) is 0 Å². The van der Waals surface area contributed by atoms with Gasteiger partial charge in [0, 0.05) is 11.6 Å². The van der Waals surface area contributed by atoms with Gasteiger partial charge in [0.2, 0.25) is 0 Å². The molecule has 1 atom stereocenters. The monoisotopic (exact) mass is 289 g/mol. The van der Waals surface area contributed by atoms with Crippen molar-refractivity contribution in [3.05, 3.63) is 33.8 Å². The van der Waals surface area contributed by atoms with Crippen molar-refractivity contribution in [1.82, 2.24) is 0 Å². The normalized spacial score (nSPS) is 18.2. The van der Waals surface area contributed by atoms with Crippen LogP contribution in [0.15, 0.2) is 16.6 Å². The van der Waals surface area contributed by atoms with Gasteiger partial charge in [0.1, 0.15) is 11.6 Å². The lowest BCUT2D eigenvalue weighted by Crippen LogP contribution is -2.21. The Hall–Kier alpha value is -0.480. The Labute approximate surface area is 102 Å². The van der Waals surface area contributed by atoms with Crippen molar-refractivity contribution in [3.63, 3.8) is 0 Å². The molecule has 1 unspecified atom stereocenters. The van der Waals surface area contributed by atoms with E-state index in [1.54, 1.807) is 0 Å². The Bertz CT molecular complexity index is 391. The van der Waals surface area contributed by atoms with E-state index < -0.39 is 17.7 Å². The summed E-state index contributed by atoms with van der Waals surface area (Å²) in [5, 5.41) is 0. The number of halogens is 3. The summed E-state index contributed by atoms with van der Waals surface area (Å²) in [4.78, 5) is 0. The number of benzene rings is 1. The smallest absolute Gasteiger partial charge is 0.137 e. The molecule has 1 aliphatic carbocycles. The minimum absolute atomic E-state index is 0.143. The fourth-order valence-corrected chi connectivity index (χ4v) is 2.35. The molecule has 0 amide bonds. The second-order valence-corrected chi connectivity index (χ2v) is 5.28. The average Bonchev–Trinajstić information content (AvgIpc) is 2.17. The number of nitrogens with two attached hydrogens (primary N) is 1. The molecule has 1 fully saturated rings. The Kier molecular flexibility index (Phi) is 3.60. The van der Waals surface area contributed by atoms with Crippen LogP contribution in [0.3, 0.4) is 0 Å². The second-order valence-electron chi connectivity index (χ2n) is 4.43. The molecule has 1 saturated carbocycles. The third kappa shape index (κ3) is 2.43. The van der Waals surface area contributed by atoms with E-state index in [1.807, 2.05) is 0 Å². The molecule has 0 aromatic heterocycles. The van der Waals surface area contributed by atoms with Gasteiger partial charge >= 0.3 is 0 Å². The highest BCUT2D eigenvalue weighted by Gasteiger charge is 2.23. The van der Waals surface area contributed by atoms with E-state index in [1.165, 1.54) is 12.5 Å². The van der Waals surface area contributed by atoms with Crippen molar-refractivity contribution in [2.45, 2.75) is 31.7 Å². The molecule has 0 saturated heterocycles. The molecule has 4 heteroatoms. The van der Waals surface area contributed by atoms with E-state index in [2.05, 4.69) is 15.9 Å². The van der Waals surface area contributed by atoms with Crippen molar-refractivity contribution in [1.29, 1.82) is 0 Å². The third-order valence-corrected chi connectivity index (χ3v) is 3.86. The summed E-state index contributed by atoms with van der Waals surface area (Å²) < 4.78 is 27.0. The lowest BCUT2D eigenvalue weighted by atomic mass is 9.80. The van der Waals surface area contributed by atoms with Crippen LogP contribution in [0, 0.1) is 17.6 Å². The maximum absolute atomic E-state index is 13.6. The first-order valence-corrected chi connectivity index (χ1v) is 6.27. The zero-order chi connectivity index (χ0) is 11.7. The Morgan fingerprint density at radius 3 is 2.56 bits per heavy atom. The maximum atomic E-state index is 13.6. The highest BCUT2D eigenvalue weighted by atomic mass is 79.9. The van der Waals surface area contributed by atoms with Crippen LogP contribution in [0.2, 0.25) is 0 Å². The summed E-state index contributed by atoms with van der Waals surface area (Å²) in [7, 11) is 0. The quantitative estimate of drug-likeness (QED) is 0.839. The summed E-state index contributed by atoms with van der Waals surface area (Å²) in [6.07, 6.45) is 4.30. The lowest BCUT2D eigenvalue weighted by Gasteiger charge is -2.28. The molecule has 16 heavy (non-hydrogen) atoms. The number of hydrogen-bond donors (Lipinski definition) is 1. The molecule has 0 aliphatic heterocycles. The second kappa shape index (κ2) is 4.80. The molecule has 1 aromatic rings. The molecule has 1 aromatic carbocycles. The van der Waals surface area contributed by atoms with Gasteiger partial charge in [-0.2, -0.15) is 0 Å². The number of rotatable bonds is 3. The molecule has 0 bridgehead atoms. The van der Waals surface area contributed by atoms with E-state index in [9.17, 15) is 8.78 Å². The van der Waals surface area contributed by atoms with Gasteiger partial charge in [0.15, 0.2) is 0 Å². The standard InChI is InChI=1S/C12H14BrF2N/c13-9-6-10(14)8(5-11(9)15)12(16)4-7-2-1-3-7/h5-7,12H,1-4,16H2. The molecular weight excluding hydrogens is 276 g/mol. The van der Waals surface area contributed by atoms with Crippen molar-refractivity contribution in [3.8, 4) is 0 Å². The molecule has 1 nitrogen and oxygen atoms in total. The fourth-order valence-electron chi connectivity index (χ4n) is 2.04. The van der Waals surface area contributed by atoms with Crippen molar-refractivity contribution in [2.75, 3.05) is 0 Å². The minimum atomic E-state index is -0.458. The molecule has 1 aliphatic rings. The molecule has 88 valence electrons. The Morgan fingerprint density at radius 2 is 2.00 bits per heavy atom. The van der Waals surface area contributed by atoms with E-state index >= 15 is 0 Å². The summed E-state index contributed by atoms with van der Waals surface area (Å²) in [5.74, 6) is -0.304. The first kappa shape index (κ1) is 12.0. The largest absolute Gasteiger partial charge is 0.324 e. The van der Waals surface area contributed by atoms with Crippen molar-refractivity contribution >= 4 is 15.9 Å². The van der Waals surface area contributed by atoms with Crippen molar-refractivity contribution in [2.24, 2.45) is 11.7 Å². The zero-order valence-corrected chi connectivity index (χ0v) is 10.4. The first-order valence-electron chi connectivity index (χ1n) is 5.48. The SMILES string of the molecule is NC(CC1CCC1)c1cc(F)c(Br)cc1F. The van der Waals surface area contributed by atoms with E-state index in [0.717, 1.165) is 25.3 Å². The van der Waals surface area contributed by atoms with Gasteiger partial charge in [0.25, 0.3) is 0 Å². The van der Waals surface area contributed by atoms with Crippen LogP contribution >= 0.6 is 15.9 Å². The summed E-state index contributed by atoms with van der Waals surface area (Å²) >= 11 is 2.95. The minimum Gasteiger partial charge on any atom is -0.324 e. The molecule has 0 heterocycles. The summed E-state index contributed by atoms with van der Waals surface area (Å²) in [5.41, 5.74) is 6.19. The third-order valence-electron chi connectivity index (χ3n) is 3.25. The van der Waals surface area contributed by atoms with Gasteiger partial charge in [-0.1, -0.05) is 19.3 Å². The summed E-state index contributed by atoms with van der Waals surface area (Å²) in [6.45, 7) is 0. The van der Waals surface area contributed by atoms with E-state index in [0.29, 0.717) is 5.92 Å². The molecule has 0 radical (unpaired) electrons. The molecular formula is C12H14BrF2N. The predicted molar refractivity (Wildman–Crippen MR) is 62.9 cm³/mol. The zero-order valence-electron chi connectivity index (χ0n) is 8.85. The van der Waals surface area contributed by atoms with Crippen molar-refractivity contribution < 1.29 is 8.78 Å². The fraction of sp³-hybridized carbons (Fsp3) is 0.500. The predicted octanol–water partition coefficient (Wildman–Crippen LogP) is 3.92. The Balaban J connectivity index is 2.14. The van der Waals surface area contributed by atoms with Crippen LogP contribution in [0.5, 0.6) is 0 Å².